The number of nitrogens with zero attached hydrogens (tertiary/aromatic N) is 3. The van der Waals surface area contributed by atoms with Gasteiger partial charge in [0.15, 0.2) is 0 Å². The number of fused-ring (bicyclic) bond motifs is 1. The van der Waals surface area contributed by atoms with Gasteiger partial charge in [-0.15, -0.1) is 0 Å². The molecule has 4 rings (SSSR count). The summed E-state index contributed by atoms with van der Waals surface area (Å²) >= 11 is 0. The van der Waals surface area contributed by atoms with E-state index in [1.54, 1.807) is 0 Å². The van der Waals surface area contributed by atoms with Crippen LogP contribution in [0.3, 0.4) is 0 Å². The summed E-state index contributed by atoms with van der Waals surface area (Å²) in [5.74, 6) is -0.315. The molecule has 0 radical (unpaired) electrons. The number of amides is 2. The topological polar surface area (TPSA) is 142 Å². The van der Waals surface area contributed by atoms with Crippen molar-refractivity contribution in [3.05, 3.63) is 35.5 Å². The first kappa shape index (κ1) is 25.2. The molecular weight excluding hydrogens is 444 g/mol. The Balaban J connectivity index is 1.48. The summed E-state index contributed by atoms with van der Waals surface area (Å²) in [4.78, 5) is 29.5. The molecule has 3 atom stereocenters. The van der Waals surface area contributed by atoms with E-state index in [0.717, 1.165) is 68.1 Å². The first-order valence-electron chi connectivity index (χ1n) is 12.8. The van der Waals surface area contributed by atoms with Gasteiger partial charge >= 0.3 is 0 Å². The Kier molecular flexibility index (Phi) is 7.76. The van der Waals surface area contributed by atoms with E-state index in [1.165, 1.54) is 5.69 Å². The highest BCUT2D eigenvalue weighted by Gasteiger charge is 2.41. The predicted molar refractivity (Wildman–Crippen MR) is 136 cm³/mol. The molecular formula is C26H38N6O3. The second-order valence-corrected chi connectivity index (χ2v) is 9.76. The standard InChI is InChI=1S/C26H38N6O3/c1-2-30-20(15-17-7-8-18(24(27)28)16-23(17)30)10-9-19-5-3-12-31(19)26(35)22-6-4-13-32(22)21(11-14-33)25(29)34/h7-8,15-16,19,21-22,33H,2-6,9-14H2,1H3,(H3,27,28)(H2,29,34)/t19-,21?,22+/m0/s1. The zero-order chi connectivity index (χ0) is 25.1. The van der Waals surface area contributed by atoms with Gasteiger partial charge in [0.1, 0.15) is 5.84 Å². The number of aromatic nitrogens is 1. The number of benzene rings is 1. The maximum atomic E-state index is 13.6. The number of amidine groups is 1. The van der Waals surface area contributed by atoms with Crippen LogP contribution in [0.5, 0.6) is 0 Å². The number of aliphatic hydroxyl groups is 1. The molecule has 2 aliphatic rings. The Hall–Kier alpha value is -2.91. The highest BCUT2D eigenvalue weighted by Crippen LogP contribution is 2.30. The van der Waals surface area contributed by atoms with Crippen molar-refractivity contribution in [1.29, 1.82) is 5.41 Å². The normalized spacial score (nSPS) is 21.6. The summed E-state index contributed by atoms with van der Waals surface area (Å²) in [7, 11) is 0. The van der Waals surface area contributed by atoms with Crippen LogP contribution in [0.4, 0.5) is 0 Å². The van der Waals surface area contributed by atoms with E-state index in [9.17, 15) is 14.7 Å². The average Bonchev–Trinajstić information content (AvgIpc) is 3.57. The highest BCUT2D eigenvalue weighted by molar-refractivity contribution is 5.98. The van der Waals surface area contributed by atoms with E-state index in [2.05, 4.69) is 17.6 Å². The minimum absolute atomic E-state index is 0.0657. The Morgan fingerprint density at radius 2 is 1.94 bits per heavy atom. The first-order chi connectivity index (χ1) is 16.8. The molecule has 2 amide bonds. The number of nitrogen functional groups attached to an aromatic ring is 1. The molecule has 9 nitrogen and oxygen atoms in total. The third-order valence-corrected chi connectivity index (χ3v) is 7.72. The summed E-state index contributed by atoms with van der Waals surface area (Å²) < 4.78 is 2.27. The van der Waals surface area contributed by atoms with E-state index in [4.69, 9.17) is 16.9 Å². The van der Waals surface area contributed by atoms with Crippen LogP contribution in [-0.2, 0) is 22.6 Å². The fourth-order valence-electron chi connectivity index (χ4n) is 6.01. The van der Waals surface area contributed by atoms with Crippen molar-refractivity contribution in [1.82, 2.24) is 14.4 Å². The number of rotatable bonds is 10. The van der Waals surface area contributed by atoms with Crippen molar-refractivity contribution < 1.29 is 14.7 Å². The summed E-state index contributed by atoms with van der Waals surface area (Å²) in [5, 5.41) is 18.3. The summed E-state index contributed by atoms with van der Waals surface area (Å²) in [6.07, 6.45) is 5.53. The van der Waals surface area contributed by atoms with Crippen LogP contribution in [0.2, 0.25) is 0 Å². The molecule has 2 fully saturated rings. The Morgan fingerprint density at radius 1 is 1.17 bits per heavy atom. The van der Waals surface area contributed by atoms with Crippen molar-refractivity contribution in [2.24, 2.45) is 11.5 Å². The van der Waals surface area contributed by atoms with Crippen LogP contribution < -0.4 is 11.5 Å². The number of aryl methyl sites for hydroxylation is 2. The lowest BCUT2D eigenvalue weighted by Gasteiger charge is -2.34. The molecule has 0 aliphatic carbocycles. The van der Waals surface area contributed by atoms with Gasteiger partial charge in [-0.05, 0) is 75.9 Å². The molecule has 6 N–H and O–H groups in total. The summed E-state index contributed by atoms with van der Waals surface area (Å²) in [6, 6.07) is 7.31. The average molecular weight is 483 g/mol. The van der Waals surface area contributed by atoms with Gasteiger partial charge in [0.2, 0.25) is 11.8 Å². The minimum atomic E-state index is -0.599. The van der Waals surface area contributed by atoms with Crippen molar-refractivity contribution >= 4 is 28.6 Å². The minimum Gasteiger partial charge on any atom is -0.396 e. The van der Waals surface area contributed by atoms with Crippen LogP contribution in [0, 0.1) is 5.41 Å². The lowest BCUT2D eigenvalue weighted by Crippen LogP contribution is -2.54. The van der Waals surface area contributed by atoms with Gasteiger partial charge in [0.25, 0.3) is 0 Å². The number of carbonyl (C=O) groups excluding carboxylic acids is 2. The molecule has 0 saturated carbocycles. The van der Waals surface area contributed by atoms with Gasteiger partial charge in [-0.25, -0.2) is 0 Å². The maximum absolute atomic E-state index is 13.6. The number of carbonyl (C=O) groups is 2. The quantitative estimate of drug-likeness (QED) is 0.300. The number of primary amides is 1. The van der Waals surface area contributed by atoms with Gasteiger partial charge in [-0.1, -0.05) is 12.1 Å². The van der Waals surface area contributed by atoms with E-state index in [-0.39, 0.29) is 36.9 Å². The monoisotopic (exact) mass is 482 g/mol. The number of hydrogen-bond acceptors (Lipinski definition) is 5. The van der Waals surface area contributed by atoms with Crippen LogP contribution in [0.1, 0.15) is 56.7 Å². The molecule has 0 spiro atoms. The predicted octanol–water partition coefficient (Wildman–Crippen LogP) is 1.57. The fourth-order valence-corrected chi connectivity index (χ4v) is 6.01. The Labute approximate surface area is 206 Å². The van der Waals surface area contributed by atoms with Crippen LogP contribution in [-0.4, -0.2) is 74.9 Å². The molecule has 2 aliphatic heterocycles. The van der Waals surface area contributed by atoms with Gasteiger partial charge in [0.05, 0.1) is 12.1 Å². The highest BCUT2D eigenvalue weighted by atomic mass is 16.3. The lowest BCUT2D eigenvalue weighted by atomic mass is 10.0. The van der Waals surface area contributed by atoms with Crippen LogP contribution in [0.25, 0.3) is 10.9 Å². The van der Waals surface area contributed by atoms with Crippen LogP contribution >= 0.6 is 0 Å². The Bertz CT molecular complexity index is 1100. The molecule has 190 valence electrons. The van der Waals surface area contributed by atoms with Gasteiger partial charge in [0, 0.05) is 42.5 Å². The molecule has 2 aromatic rings. The van der Waals surface area contributed by atoms with Gasteiger partial charge in [-0.3, -0.25) is 19.9 Å². The number of nitrogens with two attached hydrogens (primary N) is 2. The van der Waals surface area contributed by atoms with Crippen molar-refractivity contribution in [3.8, 4) is 0 Å². The molecule has 1 unspecified atom stereocenters. The molecule has 1 aromatic heterocycles. The van der Waals surface area contributed by atoms with E-state index in [0.29, 0.717) is 6.54 Å². The third kappa shape index (κ3) is 5.06. The molecule has 3 heterocycles. The Morgan fingerprint density at radius 3 is 2.63 bits per heavy atom. The van der Waals surface area contributed by atoms with Crippen molar-refractivity contribution in [3.63, 3.8) is 0 Å². The van der Waals surface area contributed by atoms with Crippen molar-refractivity contribution in [2.45, 2.75) is 76.5 Å². The third-order valence-electron chi connectivity index (χ3n) is 7.72. The van der Waals surface area contributed by atoms with E-state index in [1.807, 2.05) is 28.0 Å². The SMILES string of the molecule is CCn1c(CC[C@@H]2CCCN2C(=O)[C@H]2CCCN2C(CCO)C(N)=O)cc2ccc(C(=N)N)cc21. The first-order valence-corrected chi connectivity index (χ1v) is 12.8. The number of nitrogens with one attached hydrogen (secondary N) is 1. The smallest absolute Gasteiger partial charge is 0.240 e. The lowest BCUT2D eigenvalue weighted by molar-refractivity contribution is -0.139. The number of likely N-dealkylation sites (tertiary alicyclic amines) is 2. The van der Waals surface area contributed by atoms with E-state index >= 15 is 0 Å². The molecule has 2 saturated heterocycles. The molecule has 9 heteroatoms. The maximum Gasteiger partial charge on any atom is 0.240 e. The second-order valence-electron chi connectivity index (χ2n) is 9.76. The van der Waals surface area contributed by atoms with Crippen molar-refractivity contribution in [2.75, 3.05) is 19.7 Å². The van der Waals surface area contributed by atoms with Gasteiger partial charge < -0.3 is 26.0 Å². The summed E-state index contributed by atoms with van der Waals surface area (Å²) in [6.45, 7) is 4.21. The molecule has 1 aromatic carbocycles. The molecule has 35 heavy (non-hydrogen) atoms. The number of aliphatic hydroxyl groups excluding tert-OH is 1. The van der Waals surface area contributed by atoms with Gasteiger partial charge in [-0.2, -0.15) is 0 Å². The summed E-state index contributed by atoms with van der Waals surface area (Å²) in [5.41, 5.74) is 14.3. The molecule has 0 bridgehead atoms. The largest absolute Gasteiger partial charge is 0.396 e. The van der Waals surface area contributed by atoms with E-state index < -0.39 is 11.9 Å². The van der Waals surface area contributed by atoms with Crippen LogP contribution in [0.15, 0.2) is 24.3 Å². The fraction of sp³-hybridized carbons (Fsp3) is 0.577. The second kappa shape index (κ2) is 10.8. The zero-order valence-corrected chi connectivity index (χ0v) is 20.6. The zero-order valence-electron chi connectivity index (χ0n) is 20.6. The number of hydrogen-bond donors (Lipinski definition) is 4.